The molecule has 0 radical (unpaired) electrons. The van der Waals surface area contributed by atoms with Crippen LogP contribution in [0.5, 0.6) is 0 Å². The third-order valence-corrected chi connectivity index (χ3v) is 4.42. The Bertz CT molecular complexity index is 689. The van der Waals surface area contributed by atoms with Gasteiger partial charge in [-0.15, -0.1) is 0 Å². The van der Waals surface area contributed by atoms with Gasteiger partial charge in [0.25, 0.3) is 5.56 Å². The Balaban J connectivity index is 1.63. The van der Waals surface area contributed by atoms with Crippen molar-refractivity contribution in [3.8, 4) is 0 Å². The molecule has 1 aliphatic rings. The summed E-state index contributed by atoms with van der Waals surface area (Å²) in [6.07, 6.45) is 7.30. The van der Waals surface area contributed by atoms with E-state index in [-0.39, 0.29) is 5.56 Å². The van der Waals surface area contributed by atoms with E-state index in [0.717, 1.165) is 49.7 Å². The average Bonchev–Trinajstić information content (AvgIpc) is 2.57. The lowest BCUT2D eigenvalue weighted by molar-refractivity contribution is 0.348. The van der Waals surface area contributed by atoms with Crippen molar-refractivity contribution in [1.82, 2.24) is 19.5 Å². The highest BCUT2D eigenvalue weighted by atomic mass is 16.1. The van der Waals surface area contributed by atoms with Crippen LogP contribution in [0.3, 0.4) is 0 Å². The van der Waals surface area contributed by atoms with Gasteiger partial charge in [-0.1, -0.05) is 0 Å². The number of piperidine rings is 1. The van der Waals surface area contributed by atoms with Crippen LogP contribution in [0, 0.1) is 19.8 Å². The Kier molecular flexibility index (Phi) is 4.18. The number of hydrogen-bond donors (Lipinski definition) is 0. The lowest BCUT2D eigenvalue weighted by Gasteiger charge is -2.32. The summed E-state index contributed by atoms with van der Waals surface area (Å²) in [6.45, 7) is 6.33. The summed E-state index contributed by atoms with van der Waals surface area (Å²) in [7, 11) is 0. The van der Waals surface area contributed by atoms with Gasteiger partial charge in [0.05, 0.1) is 6.33 Å². The number of anilines is 1. The van der Waals surface area contributed by atoms with Crippen LogP contribution in [-0.2, 0) is 6.54 Å². The number of aryl methyl sites for hydroxylation is 1. The van der Waals surface area contributed by atoms with Gasteiger partial charge in [0.2, 0.25) is 5.95 Å². The largest absolute Gasteiger partial charge is 0.341 e. The van der Waals surface area contributed by atoms with Crippen LogP contribution < -0.4 is 10.5 Å². The Morgan fingerprint density at radius 2 is 1.82 bits per heavy atom. The molecule has 0 unspecified atom stereocenters. The molecule has 0 N–H and O–H groups in total. The Labute approximate surface area is 129 Å². The minimum absolute atomic E-state index is 0.0846. The van der Waals surface area contributed by atoms with E-state index in [1.807, 2.05) is 19.9 Å². The molecule has 3 heterocycles. The monoisotopic (exact) mass is 299 g/mol. The fourth-order valence-electron chi connectivity index (χ4n) is 2.85. The van der Waals surface area contributed by atoms with Crippen molar-refractivity contribution >= 4 is 5.95 Å². The van der Waals surface area contributed by atoms with Gasteiger partial charge in [0.1, 0.15) is 0 Å². The lowest BCUT2D eigenvalue weighted by atomic mass is 9.97. The van der Waals surface area contributed by atoms with Crippen molar-refractivity contribution < 1.29 is 0 Å². The normalized spacial score (nSPS) is 16.0. The summed E-state index contributed by atoms with van der Waals surface area (Å²) in [5.41, 5.74) is 1.65. The minimum Gasteiger partial charge on any atom is -0.341 e. The van der Waals surface area contributed by atoms with Crippen molar-refractivity contribution in [2.24, 2.45) is 5.92 Å². The maximum atomic E-state index is 12.2. The van der Waals surface area contributed by atoms with Gasteiger partial charge in [-0.25, -0.2) is 15.0 Å². The van der Waals surface area contributed by atoms with E-state index in [2.05, 4.69) is 19.9 Å². The van der Waals surface area contributed by atoms with Crippen molar-refractivity contribution in [1.29, 1.82) is 0 Å². The summed E-state index contributed by atoms with van der Waals surface area (Å²) in [4.78, 5) is 27.3. The van der Waals surface area contributed by atoms with Crippen LogP contribution in [0.15, 0.2) is 29.6 Å². The van der Waals surface area contributed by atoms with Gasteiger partial charge in [-0.2, -0.15) is 0 Å². The maximum Gasteiger partial charge on any atom is 0.256 e. The molecular weight excluding hydrogens is 278 g/mol. The van der Waals surface area contributed by atoms with Crippen LogP contribution >= 0.6 is 0 Å². The molecule has 0 saturated carbocycles. The van der Waals surface area contributed by atoms with E-state index in [1.54, 1.807) is 23.3 Å². The summed E-state index contributed by atoms with van der Waals surface area (Å²) in [5.74, 6) is 1.30. The van der Waals surface area contributed by atoms with Gasteiger partial charge in [-0.3, -0.25) is 9.36 Å². The first-order chi connectivity index (χ1) is 10.6. The average molecular weight is 299 g/mol. The van der Waals surface area contributed by atoms with Crippen molar-refractivity contribution in [2.45, 2.75) is 33.2 Å². The summed E-state index contributed by atoms with van der Waals surface area (Å²) >= 11 is 0. The zero-order chi connectivity index (χ0) is 15.5. The van der Waals surface area contributed by atoms with E-state index >= 15 is 0 Å². The summed E-state index contributed by atoms with van der Waals surface area (Å²) < 4.78 is 1.75. The second-order valence-electron chi connectivity index (χ2n) is 5.89. The van der Waals surface area contributed by atoms with E-state index in [4.69, 9.17) is 0 Å². The molecule has 1 fully saturated rings. The molecule has 0 spiro atoms. The molecule has 2 aromatic rings. The zero-order valence-corrected chi connectivity index (χ0v) is 13.1. The third kappa shape index (κ3) is 3.00. The van der Waals surface area contributed by atoms with Gasteiger partial charge >= 0.3 is 0 Å². The Morgan fingerprint density at radius 3 is 2.50 bits per heavy atom. The minimum atomic E-state index is 0.0846. The Morgan fingerprint density at radius 1 is 1.14 bits per heavy atom. The van der Waals surface area contributed by atoms with Crippen molar-refractivity contribution in [3.63, 3.8) is 0 Å². The predicted molar refractivity (Wildman–Crippen MR) is 84.9 cm³/mol. The number of aromatic nitrogens is 4. The molecule has 2 aromatic heterocycles. The third-order valence-electron chi connectivity index (χ3n) is 4.42. The van der Waals surface area contributed by atoms with Crippen LogP contribution in [0.25, 0.3) is 0 Å². The molecule has 1 aliphatic heterocycles. The van der Waals surface area contributed by atoms with Crippen LogP contribution in [0.4, 0.5) is 5.95 Å². The van der Waals surface area contributed by atoms with Gasteiger partial charge < -0.3 is 4.90 Å². The van der Waals surface area contributed by atoms with E-state index in [1.165, 1.54) is 0 Å². The zero-order valence-electron chi connectivity index (χ0n) is 13.1. The smallest absolute Gasteiger partial charge is 0.256 e. The second-order valence-corrected chi connectivity index (χ2v) is 5.89. The van der Waals surface area contributed by atoms with E-state index in [0.29, 0.717) is 5.92 Å². The molecule has 0 bridgehead atoms. The summed E-state index contributed by atoms with van der Waals surface area (Å²) in [6, 6.07) is 1.83. The highest BCUT2D eigenvalue weighted by Gasteiger charge is 2.21. The first-order valence-electron chi connectivity index (χ1n) is 7.70. The molecule has 0 aromatic carbocycles. The van der Waals surface area contributed by atoms with Crippen molar-refractivity contribution in [2.75, 3.05) is 18.0 Å². The molecule has 1 saturated heterocycles. The second kappa shape index (κ2) is 6.25. The van der Waals surface area contributed by atoms with Gasteiger partial charge in [0.15, 0.2) is 0 Å². The van der Waals surface area contributed by atoms with E-state index in [9.17, 15) is 4.79 Å². The highest BCUT2D eigenvalue weighted by Crippen LogP contribution is 2.21. The van der Waals surface area contributed by atoms with Gasteiger partial charge in [-0.05, 0) is 38.7 Å². The fourth-order valence-corrected chi connectivity index (χ4v) is 2.85. The molecule has 6 heteroatoms. The molecule has 22 heavy (non-hydrogen) atoms. The van der Waals surface area contributed by atoms with E-state index < -0.39 is 0 Å². The molecular formula is C16H21N5O. The predicted octanol–water partition coefficient (Wildman–Crippen LogP) is 1.57. The fraction of sp³-hybridized carbons (Fsp3) is 0.500. The number of nitrogens with zero attached hydrogens (tertiary/aromatic N) is 5. The summed E-state index contributed by atoms with van der Waals surface area (Å²) in [5, 5.41) is 0. The SMILES string of the molecule is Cc1ncn(CC2CCN(c3ncccn3)CC2)c(=O)c1C. The molecule has 0 atom stereocenters. The van der Waals surface area contributed by atoms with Crippen LogP contribution in [-0.4, -0.2) is 32.6 Å². The first-order valence-corrected chi connectivity index (χ1v) is 7.70. The molecule has 0 amide bonds. The highest BCUT2D eigenvalue weighted by molar-refractivity contribution is 5.28. The maximum absolute atomic E-state index is 12.2. The van der Waals surface area contributed by atoms with Crippen molar-refractivity contribution in [3.05, 3.63) is 46.4 Å². The van der Waals surface area contributed by atoms with Gasteiger partial charge in [0, 0.05) is 43.3 Å². The molecule has 116 valence electrons. The molecule has 6 nitrogen and oxygen atoms in total. The Hall–Kier alpha value is -2.24. The number of hydrogen-bond acceptors (Lipinski definition) is 5. The lowest BCUT2D eigenvalue weighted by Crippen LogP contribution is -2.37. The number of rotatable bonds is 3. The van der Waals surface area contributed by atoms with Crippen LogP contribution in [0.1, 0.15) is 24.1 Å². The molecule has 3 rings (SSSR count). The standard InChI is InChI=1S/C16H21N5O/c1-12-13(2)19-11-21(15(12)22)10-14-4-8-20(9-5-14)16-17-6-3-7-18-16/h3,6-7,11,14H,4-5,8-10H2,1-2H3. The molecule has 0 aliphatic carbocycles. The topological polar surface area (TPSA) is 63.9 Å². The quantitative estimate of drug-likeness (QED) is 0.860. The van der Waals surface area contributed by atoms with Crippen LogP contribution in [0.2, 0.25) is 0 Å². The first kappa shape index (κ1) is 14.7.